The number of fused-ring (bicyclic) bond motifs is 1. The maximum absolute atomic E-state index is 13.1. The van der Waals surface area contributed by atoms with Crippen LogP contribution in [-0.2, 0) is 5.75 Å². The number of thiophene rings is 1. The van der Waals surface area contributed by atoms with Crippen LogP contribution in [0.15, 0.2) is 39.3 Å². The Balaban J connectivity index is 1.82. The van der Waals surface area contributed by atoms with Gasteiger partial charge in [0.2, 0.25) is 0 Å². The van der Waals surface area contributed by atoms with Crippen LogP contribution in [-0.4, -0.2) is 9.97 Å². The lowest BCUT2D eigenvalue weighted by atomic mass is 10.3. The van der Waals surface area contributed by atoms with Crippen LogP contribution >= 0.6 is 34.7 Å². The van der Waals surface area contributed by atoms with Gasteiger partial charge >= 0.3 is 0 Å². The van der Waals surface area contributed by atoms with Crippen molar-refractivity contribution >= 4 is 44.9 Å². The predicted octanol–water partition coefficient (Wildman–Crippen LogP) is 4.07. The Morgan fingerprint density at radius 1 is 1.40 bits per heavy atom. The van der Waals surface area contributed by atoms with Crippen molar-refractivity contribution in [2.45, 2.75) is 10.6 Å². The zero-order valence-corrected chi connectivity index (χ0v) is 12.4. The minimum absolute atomic E-state index is 0.0877. The summed E-state index contributed by atoms with van der Waals surface area (Å²) >= 11 is 8.53. The third-order valence-corrected chi connectivity index (χ3v) is 4.83. The van der Waals surface area contributed by atoms with Gasteiger partial charge in [0.25, 0.3) is 5.56 Å². The van der Waals surface area contributed by atoms with Crippen molar-refractivity contribution < 1.29 is 4.39 Å². The van der Waals surface area contributed by atoms with Gasteiger partial charge in [-0.1, -0.05) is 11.6 Å². The number of aromatic amines is 1. The van der Waals surface area contributed by atoms with Gasteiger partial charge in [-0.3, -0.25) is 4.79 Å². The first-order valence-corrected chi connectivity index (χ1v) is 7.92. The Labute approximate surface area is 126 Å². The van der Waals surface area contributed by atoms with Crippen molar-refractivity contribution in [3.8, 4) is 0 Å². The monoisotopic (exact) mass is 326 g/mol. The summed E-state index contributed by atoms with van der Waals surface area (Å²) in [5.41, 5.74) is 0.573. The quantitative estimate of drug-likeness (QED) is 0.738. The van der Waals surface area contributed by atoms with E-state index >= 15 is 0 Å². The van der Waals surface area contributed by atoms with Gasteiger partial charge in [0.1, 0.15) is 16.3 Å². The van der Waals surface area contributed by atoms with Gasteiger partial charge in [-0.25, -0.2) is 9.37 Å². The van der Waals surface area contributed by atoms with Gasteiger partial charge in [0.05, 0.1) is 16.3 Å². The van der Waals surface area contributed by atoms with Gasteiger partial charge in [-0.05, 0) is 29.6 Å². The van der Waals surface area contributed by atoms with E-state index in [2.05, 4.69) is 9.97 Å². The molecule has 0 aliphatic carbocycles. The highest BCUT2D eigenvalue weighted by molar-refractivity contribution is 7.98. The second-order valence-electron chi connectivity index (χ2n) is 4.01. The minimum Gasteiger partial charge on any atom is -0.309 e. The van der Waals surface area contributed by atoms with Gasteiger partial charge in [0, 0.05) is 4.90 Å². The lowest BCUT2D eigenvalue weighted by Gasteiger charge is -2.03. The number of nitrogens with zero attached hydrogens (tertiary/aromatic N) is 1. The van der Waals surface area contributed by atoms with Crippen molar-refractivity contribution in [1.82, 2.24) is 9.97 Å². The third kappa shape index (κ3) is 2.72. The Hall–Kier alpha value is -1.37. The van der Waals surface area contributed by atoms with E-state index in [0.29, 0.717) is 21.8 Å². The fraction of sp³-hybridized carbons (Fsp3) is 0.0769. The van der Waals surface area contributed by atoms with Gasteiger partial charge in [-0.2, -0.15) is 0 Å². The standard InChI is InChI=1S/C13H8ClFN2OS2/c14-8-5-7(1-2-9(8)15)20-6-11-16-10-3-4-19-12(10)13(18)17-11/h1-5H,6H2,(H,16,17,18). The molecule has 0 spiro atoms. The molecule has 0 fully saturated rings. The number of nitrogens with one attached hydrogen (secondary N) is 1. The summed E-state index contributed by atoms with van der Waals surface area (Å²) in [7, 11) is 0. The van der Waals surface area contributed by atoms with E-state index in [1.165, 1.54) is 29.2 Å². The normalized spacial score (nSPS) is 11.1. The van der Waals surface area contributed by atoms with Crippen LogP contribution < -0.4 is 5.56 Å². The molecule has 3 aromatic rings. The zero-order valence-electron chi connectivity index (χ0n) is 10.0. The summed E-state index contributed by atoms with van der Waals surface area (Å²) in [5, 5.41) is 1.92. The van der Waals surface area contributed by atoms with Gasteiger partial charge in [0.15, 0.2) is 0 Å². The molecule has 102 valence electrons. The smallest absolute Gasteiger partial charge is 0.268 e. The first-order chi connectivity index (χ1) is 9.63. The molecular weight excluding hydrogens is 319 g/mol. The average Bonchev–Trinajstić information content (AvgIpc) is 2.89. The molecule has 2 aromatic heterocycles. The van der Waals surface area contributed by atoms with Crippen molar-refractivity contribution in [3.63, 3.8) is 0 Å². The number of aromatic nitrogens is 2. The topological polar surface area (TPSA) is 45.8 Å². The Kier molecular flexibility index (Phi) is 3.78. The van der Waals surface area contributed by atoms with Crippen LogP contribution in [0.3, 0.4) is 0 Å². The van der Waals surface area contributed by atoms with Gasteiger partial charge < -0.3 is 4.98 Å². The summed E-state index contributed by atoms with van der Waals surface area (Å²) in [5.74, 6) is 0.636. The molecule has 0 radical (unpaired) electrons. The van der Waals surface area contributed by atoms with Crippen LogP contribution in [0.1, 0.15) is 5.82 Å². The fourth-order valence-electron chi connectivity index (χ4n) is 1.71. The number of rotatable bonds is 3. The van der Waals surface area contributed by atoms with E-state index in [-0.39, 0.29) is 10.6 Å². The van der Waals surface area contributed by atoms with Crippen LogP contribution in [0, 0.1) is 5.82 Å². The zero-order chi connectivity index (χ0) is 14.1. The summed E-state index contributed by atoms with van der Waals surface area (Å²) < 4.78 is 13.7. The van der Waals surface area contributed by atoms with Crippen molar-refractivity contribution in [2.24, 2.45) is 0 Å². The van der Waals surface area contributed by atoms with E-state index in [0.717, 1.165) is 4.90 Å². The molecule has 2 heterocycles. The van der Waals surface area contributed by atoms with Crippen LogP contribution in [0.25, 0.3) is 10.2 Å². The second-order valence-corrected chi connectivity index (χ2v) is 6.38. The Morgan fingerprint density at radius 2 is 2.25 bits per heavy atom. The number of hydrogen-bond acceptors (Lipinski definition) is 4. The summed E-state index contributed by atoms with van der Waals surface area (Å²) in [6, 6.07) is 6.34. The molecule has 1 aromatic carbocycles. The Morgan fingerprint density at radius 3 is 3.05 bits per heavy atom. The largest absolute Gasteiger partial charge is 0.309 e. The first kappa shape index (κ1) is 13.6. The summed E-state index contributed by atoms with van der Waals surface area (Å²) in [6.07, 6.45) is 0. The molecule has 0 unspecified atom stereocenters. The maximum atomic E-state index is 13.1. The Bertz CT molecular complexity index is 831. The van der Waals surface area contributed by atoms with E-state index in [4.69, 9.17) is 11.6 Å². The summed E-state index contributed by atoms with van der Waals surface area (Å²) in [4.78, 5) is 19.8. The average molecular weight is 327 g/mol. The number of benzene rings is 1. The molecule has 0 saturated heterocycles. The number of thioether (sulfide) groups is 1. The summed E-state index contributed by atoms with van der Waals surface area (Å²) in [6.45, 7) is 0. The number of halogens is 2. The van der Waals surface area contributed by atoms with Crippen molar-refractivity contribution in [3.05, 3.63) is 56.7 Å². The maximum Gasteiger partial charge on any atom is 0.268 e. The molecule has 0 atom stereocenters. The van der Waals surface area contributed by atoms with E-state index in [1.807, 2.05) is 11.4 Å². The molecule has 3 nitrogen and oxygen atoms in total. The number of hydrogen-bond donors (Lipinski definition) is 1. The minimum atomic E-state index is -0.442. The molecular formula is C13H8ClFN2OS2. The fourth-order valence-corrected chi connectivity index (χ4v) is 3.48. The van der Waals surface area contributed by atoms with E-state index < -0.39 is 5.82 Å². The molecule has 0 aliphatic rings. The molecule has 0 aliphatic heterocycles. The van der Waals surface area contributed by atoms with Crippen LogP contribution in [0.4, 0.5) is 4.39 Å². The highest BCUT2D eigenvalue weighted by Gasteiger charge is 2.06. The highest BCUT2D eigenvalue weighted by Crippen LogP contribution is 2.26. The van der Waals surface area contributed by atoms with Crippen molar-refractivity contribution in [1.29, 1.82) is 0 Å². The lowest BCUT2D eigenvalue weighted by Crippen LogP contribution is -2.09. The molecule has 0 saturated carbocycles. The lowest BCUT2D eigenvalue weighted by molar-refractivity contribution is 0.627. The molecule has 3 rings (SSSR count). The van der Waals surface area contributed by atoms with E-state index in [9.17, 15) is 9.18 Å². The first-order valence-electron chi connectivity index (χ1n) is 5.68. The molecule has 7 heteroatoms. The van der Waals surface area contributed by atoms with Gasteiger partial charge in [-0.15, -0.1) is 23.1 Å². The number of H-pyrrole nitrogens is 1. The van der Waals surface area contributed by atoms with Crippen LogP contribution in [0.5, 0.6) is 0 Å². The molecule has 1 N–H and O–H groups in total. The SMILES string of the molecule is O=c1[nH]c(CSc2ccc(F)c(Cl)c2)nc2ccsc12. The van der Waals surface area contributed by atoms with Crippen LogP contribution in [0.2, 0.25) is 5.02 Å². The molecule has 20 heavy (non-hydrogen) atoms. The molecule has 0 bridgehead atoms. The van der Waals surface area contributed by atoms with Crippen molar-refractivity contribution in [2.75, 3.05) is 0 Å². The van der Waals surface area contributed by atoms with E-state index in [1.54, 1.807) is 12.1 Å². The predicted molar refractivity (Wildman–Crippen MR) is 81.2 cm³/mol. The third-order valence-electron chi connectivity index (χ3n) is 2.63. The second kappa shape index (κ2) is 5.55. The molecule has 0 amide bonds. The highest BCUT2D eigenvalue weighted by atomic mass is 35.5.